The second kappa shape index (κ2) is 6.32. The molecule has 1 aliphatic rings. The van der Waals surface area contributed by atoms with Gasteiger partial charge < -0.3 is 20.1 Å². The summed E-state index contributed by atoms with van der Waals surface area (Å²) in [5, 5.41) is 0. The zero-order valence-electron chi connectivity index (χ0n) is 11.4. The highest BCUT2D eigenvalue weighted by molar-refractivity contribution is 5.59. The molecule has 0 fully saturated rings. The van der Waals surface area contributed by atoms with E-state index in [0.717, 1.165) is 18.7 Å². The van der Waals surface area contributed by atoms with Gasteiger partial charge in [-0.2, -0.15) is 0 Å². The number of fused-ring (bicyclic) bond motifs is 1. The van der Waals surface area contributed by atoms with Crippen molar-refractivity contribution in [2.24, 2.45) is 5.73 Å². The van der Waals surface area contributed by atoms with Crippen molar-refractivity contribution in [3.8, 4) is 0 Å². The van der Waals surface area contributed by atoms with Crippen LogP contribution in [0.3, 0.4) is 0 Å². The van der Waals surface area contributed by atoms with E-state index in [0.29, 0.717) is 13.0 Å². The number of methoxy groups -OCH3 is 2. The first-order valence-corrected chi connectivity index (χ1v) is 6.50. The van der Waals surface area contributed by atoms with Crippen molar-refractivity contribution in [3.05, 3.63) is 29.6 Å². The molecule has 1 atom stereocenters. The first-order chi connectivity index (χ1) is 9.19. The summed E-state index contributed by atoms with van der Waals surface area (Å²) in [7, 11) is 3.22. The van der Waals surface area contributed by atoms with Gasteiger partial charge in [-0.05, 0) is 24.1 Å². The van der Waals surface area contributed by atoms with Crippen LogP contribution in [0.15, 0.2) is 18.2 Å². The Labute approximate surface area is 113 Å². The van der Waals surface area contributed by atoms with Gasteiger partial charge >= 0.3 is 0 Å². The van der Waals surface area contributed by atoms with Crippen LogP contribution in [-0.2, 0) is 15.9 Å². The fraction of sp³-hybridized carbons (Fsp3) is 0.571. The molecule has 106 valence electrons. The molecule has 5 heteroatoms. The van der Waals surface area contributed by atoms with E-state index in [2.05, 4.69) is 4.90 Å². The number of hydrogen-bond acceptors (Lipinski definition) is 4. The topological polar surface area (TPSA) is 47.7 Å². The number of ether oxygens (including phenoxy) is 2. The molecule has 4 nitrogen and oxygen atoms in total. The maximum atomic E-state index is 13.4. The lowest BCUT2D eigenvalue weighted by Crippen LogP contribution is -2.42. The molecule has 0 saturated heterocycles. The van der Waals surface area contributed by atoms with Crippen LogP contribution in [0.4, 0.5) is 10.1 Å². The van der Waals surface area contributed by atoms with Gasteiger partial charge in [-0.25, -0.2) is 4.39 Å². The summed E-state index contributed by atoms with van der Waals surface area (Å²) in [6.07, 6.45) is 1.31. The van der Waals surface area contributed by atoms with Crippen molar-refractivity contribution in [2.75, 3.05) is 32.2 Å². The van der Waals surface area contributed by atoms with Crippen LogP contribution < -0.4 is 10.6 Å². The lowest BCUT2D eigenvalue weighted by molar-refractivity contribution is -0.108. The summed E-state index contributed by atoms with van der Waals surface area (Å²) in [6.45, 7) is 1.35. The molecule has 0 amide bonds. The molecule has 0 saturated carbocycles. The highest BCUT2D eigenvalue weighted by Gasteiger charge is 2.27. The Kier molecular flexibility index (Phi) is 4.74. The standard InChI is InChI=1S/C14H21FN2O2/c1-18-14(19-2)8-12(9-16)17-6-5-10-3-4-11(15)7-13(10)17/h3-4,7,12,14H,5-6,8-9,16H2,1-2H3. The minimum Gasteiger partial charge on any atom is -0.366 e. The summed E-state index contributed by atoms with van der Waals surface area (Å²) < 4.78 is 23.8. The van der Waals surface area contributed by atoms with Crippen LogP contribution in [0.5, 0.6) is 0 Å². The largest absolute Gasteiger partial charge is 0.366 e. The van der Waals surface area contributed by atoms with E-state index in [4.69, 9.17) is 15.2 Å². The molecule has 0 bridgehead atoms. The minimum atomic E-state index is -0.286. The molecule has 2 N–H and O–H groups in total. The van der Waals surface area contributed by atoms with Gasteiger partial charge in [-0.3, -0.25) is 0 Å². The van der Waals surface area contributed by atoms with Crippen LogP contribution in [-0.4, -0.2) is 39.6 Å². The van der Waals surface area contributed by atoms with Crippen LogP contribution >= 0.6 is 0 Å². The molecule has 0 radical (unpaired) electrons. The number of nitrogens with zero attached hydrogens (tertiary/aromatic N) is 1. The van der Waals surface area contributed by atoms with Gasteiger partial charge in [0.1, 0.15) is 5.82 Å². The highest BCUT2D eigenvalue weighted by Crippen LogP contribution is 2.31. The van der Waals surface area contributed by atoms with Gasteiger partial charge in [-0.15, -0.1) is 0 Å². The quantitative estimate of drug-likeness (QED) is 0.795. The van der Waals surface area contributed by atoms with Crippen molar-refractivity contribution in [2.45, 2.75) is 25.2 Å². The Morgan fingerprint density at radius 3 is 2.74 bits per heavy atom. The average molecular weight is 268 g/mol. The third kappa shape index (κ3) is 3.05. The predicted molar refractivity (Wildman–Crippen MR) is 72.7 cm³/mol. The summed E-state index contributed by atoms with van der Waals surface area (Å²) >= 11 is 0. The van der Waals surface area contributed by atoms with Crippen molar-refractivity contribution < 1.29 is 13.9 Å². The zero-order chi connectivity index (χ0) is 13.8. The first kappa shape index (κ1) is 14.2. The Balaban J connectivity index is 2.15. The monoisotopic (exact) mass is 268 g/mol. The van der Waals surface area contributed by atoms with Crippen LogP contribution in [0.25, 0.3) is 0 Å². The number of hydrogen-bond donors (Lipinski definition) is 1. The molecular formula is C14H21FN2O2. The number of nitrogens with two attached hydrogens (primary N) is 1. The van der Waals surface area contributed by atoms with Crippen molar-refractivity contribution in [3.63, 3.8) is 0 Å². The molecule has 0 aliphatic carbocycles. The normalized spacial score (nSPS) is 15.9. The molecule has 1 aromatic rings. The molecule has 1 aromatic carbocycles. The van der Waals surface area contributed by atoms with Crippen LogP contribution in [0, 0.1) is 5.82 Å². The number of halogens is 1. The van der Waals surface area contributed by atoms with Crippen molar-refractivity contribution >= 4 is 5.69 Å². The molecule has 19 heavy (non-hydrogen) atoms. The van der Waals surface area contributed by atoms with Gasteiger partial charge in [0, 0.05) is 45.5 Å². The number of benzene rings is 1. The molecule has 2 rings (SSSR count). The van der Waals surface area contributed by atoms with Gasteiger partial charge in [0.25, 0.3) is 0 Å². The van der Waals surface area contributed by atoms with E-state index < -0.39 is 0 Å². The minimum absolute atomic E-state index is 0.0907. The van der Waals surface area contributed by atoms with E-state index in [1.807, 2.05) is 6.07 Å². The Bertz CT molecular complexity index is 424. The molecule has 1 heterocycles. The van der Waals surface area contributed by atoms with Gasteiger partial charge in [0.2, 0.25) is 0 Å². The van der Waals surface area contributed by atoms with E-state index in [9.17, 15) is 4.39 Å². The summed E-state index contributed by atoms with van der Waals surface area (Å²) in [6, 6.07) is 5.03. The van der Waals surface area contributed by atoms with E-state index in [1.165, 1.54) is 11.6 Å². The highest BCUT2D eigenvalue weighted by atomic mass is 19.1. The Morgan fingerprint density at radius 2 is 2.11 bits per heavy atom. The van der Waals surface area contributed by atoms with Gasteiger partial charge in [0.15, 0.2) is 6.29 Å². The number of anilines is 1. The lowest BCUT2D eigenvalue weighted by atomic mass is 10.1. The second-order valence-electron chi connectivity index (χ2n) is 4.74. The third-order valence-corrected chi connectivity index (χ3v) is 3.68. The van der Waals surface area contributed by atoms with Crippen LogP contribution in [0.2, 0.25) is 0 Å². The molecule has 1 unspecified atom stereocenters. The SMILES string of the molecule is COC(CC(CN)N1CCc2ccc(F)cc21)OC. The second-order valence-corrected chi connectivity index (χ2v) is 4.74. The molecule has 1 aliphatic heterocycles. The van der Waals surface area contributed by atoms with Gasteiger partial charge in [0.05, 0.1) is 0 Å². The first-order valence-electron chi connectivity index (χ1n) is 6.50. The van der Waals surface area contributed by atoms with Crippen molar-refractivity contribution in [1.29, 1.82) is 0 Å². The fourth-order valence-electron chi connectivity index (χ4n) is 2.62. The van der Waals surface area contributed by atoms with E-state index in [1.54, 1.807) is 20.3 Å². The van der Waals surface area contributed by atoms with Gasteiger partial charge in [-0.1, -0.05) is 6.07 Å². The molecule has 0 aromatic heterocycles. The summed E-state index contributed by atoms with van der Waals surface area (Å²) in [4.78, 5) is 2.16. The Morgan fingerprint density at radius 1 is 1.37 bits per heavy atom. The maximum absolute atomic E-state index is 13.4. The average Bonchev–Trinajstić information content (AvgIpc) is 2.83. The Hall–Kier alpha value is -1.17. The molecular weight excluding hydrogens is 247 g/mol. The van der Waals surface area contributed by atoms with Crippen molar-refractivity contribution in [1.82, 2.24) is 0 Å². The fourth-order valence-corrected chi connectivity index (χ4v) is 2.62. The third-order valence-electron chi connectivity index (χ3n) is 3.68. The smallest absolute Gasteiger partial charge is 0.158 e. The summed E-state index contributed by atoms with van der Waals surface area (Å²) in [5.41, 5.74) is 7.98. The van der Waals surface area contributed by atoms with E-state index >= 15 is 0 Å². The summed E-state index contributed by atoms with van der Waals surface area (Å²) in [5.74, 6) is -0.212. The molecule has 0 spiro atoms. The number of rotatable bonds is 6. The van der Waals surface area contributed by atoms with Crippen LogP contribution in [0.1, 0.15) is 12.0 Å². The zero-order valence-corrected chi connectivity index (χ0v) is 11.4. The lowest BCUT2D eigenvalue weighted by Gasteiger charge is -2.31. The van der Waals surface area contributed by atoms with E-state index in [-0.39, 0.29) is 18.1 Å². The predicted octanol–water partition coefficient (Wildman–Crippen LogP) is 1.52. The maximum Gasteiger partial charge on any atom is 0.158 e.